The van der Waals surface area contributed by atoms with Gasteiger partial charge in [-0.25, -0.2) is 0 Å². The summed E-state index contributed by atoms with van der Waals surface area (Å²) in [5.41, 5.74) is 3.99. The largest absolute Gasteiger partial charge is 0.254 e. The fourth-order valence-electron chi connectivity index (χ4n) is 2.33. The summed E-state index contributed by atoms with van der Waals surface area (Å²) in [6, 6.07) is 8.13. The van der Waals surface area contributed by atoms with E-state index in [0.29, 0.717) is 0 Å². The van der Waals surface area contributed by atoms with Gasteiger partial charge in [-0.05, 0) is 41.4 Å². The van der Waals surface area contributed by atoms with Crippen LogP contribution in [0.1, 0.15) is 50.2 Å². The molecule has 0 amide bonds. The van der Waals surface area contributed by atoms with Crippen LogP contribution in [0.3, 0.4) is 0 Å². The molecule has 2 heterocycles. The van der Waals surface area contributed by atoms with E-state index in [9.17, 15) is 0 Å². The lowest BCUT2D eigenvalue weighted by atomic mass is 10.1. The van der Waals surface area contributed by atoms with Gasteiger partial charge in [-0.1, -0.05) is 44.6 Å². The predicted octanol–water partition coefficient (Wildman–Crippen LogP) is 5.36. The lowest BCUT2D eigenvalue weighted by Gasteiger charge is -2.04. The summed E-state index contributed by atoms with van der Waals surface area (Å²) in [6.45, 7) is 2.25. The highest BCUT2D eigenvalue weighted by molar-refractivity contribution is 9.12. The number of halogens is 1. The van der Waals surface area contributed by atoms with E-state index in [1.165, 1.54) is 37.7 Å². The molecule has 0 bridgehead atoms. The van der Waals surface area contributed by atoms with Gasteiger partial charge in [0.2, 0.25) is 0 Å². The van der Waals surface area contributed by atoms with Crippen LogP contribution in [-0.2, 0) is 6.42 Å². The maximum Gasteiger partial charge on any atom is 0.0887 e. The zero-order valence-corrected chi connectivity index (χ0v) is 14.6. The second-order valence-electron chi connectivity index (χ2n) is 5.37. The molecule has 2 rings (SSSR count). The van der Waals surface area contributed by atoms with Crippen molar-refractivity contribution in [3.63, 3.8) is 0 Å². The number of nitrogens with zero attached hydrogens (tertiary/aromatic N) is 2. The molecule has 3 heteroatoms. The molecule has 0 unspecified atom stereocenters. The number of hydrogen-bond acceptors (Lipinski definition) is 2. The number of aryl methyl sites for hydroxylation is 1. The number of aromatic nitrogens is 2. The molecule has 2 aromatic rings. The van der Waals surface area contributed by atoms with Gasteiger partial charge in [-0.15, -0.1) is 0 Å². The minimum Gasteiger partial charge on any atom is -0.254 e. The van der Waals surface area contributed by atoms with Crippen LogP contribution >= 0.6 is 15.9 Å². The molecule has 2 aromatic heterocycles. The van der Waals surface area contributed by atoms with Gasteiger partial charge in [-0.3, -0.25) is 9.97 Å². The predicted molar refractivity (Wildman–Crippen MR) is 95.7 cm³/mol. The van der Waals surface area contributed by atoms with E-state index >= 15 is 0 Å². The first-order chi connectivity index (χ1) is 10.8. The summed E-state index contributed by atoms with van der Waals surface area (Å²) in [4.78, 5) is 11.6. The first kappa shape index (κ1) is 16.7. The van der Waals surface area contributed by atoms with E-state index in [1.807, 2.05) is 18.3 Å². The first-order valence-corrected chi connectivity index (χ1v) is 8.65. The van der Waals surface area contributed by atoms with Crippen LogP contribution in [0.2, 0.25) is 0 Å². The van der Waals surface area contributed by atoms with Crippen LogP contribution in [0.25, 0.3) is 11.4 Å². The fraction of sp³-hybridized carbons (Fsp3) is 0.368. The van der Waals surface area contributed by atoms with Crippen molar-refractivity contribution in [1.29, 1.82) is 0 Å². The van der Waals surface area contributed by atoms with Gasteiger partial charge in [0, 0.05) is 33.9 Å². The monoisotopic (exact) mass is 356 g/mol. The highest BCUT2D eigenvalue weighted by atomic mass is 79.9. The average molecular weight is 357 g/mol. The Bertz CT molecular complexity index is 621. The maximum atomic E-state index is 4.53. The number of hydrogen-bond donors (Lipinski definition) is 0. The van der Waals surface area contributed by atoms with Crippen LogP contribution in [-0.4, -0.2) is 9.97 Å². The first-order valence-electron chi connectivity index (χ1n) is 7.86. The highest BCUT2D eigenvalue weighted by Gasteiger charge is 2.01. The van der Waals surface area contributed by atoms with Gasteiger partial charge in [-0.2, -0.15) is 0 Å². The van der Waals surface area contributed by atoms with Crippen molar-refractivity contribution in [1.82, 2.24) is 9.97 Å². The third-order valence-corrected chi connectivity index (χ3v) is 3.81. The molecular weight excluding hydrogens is 336 g/mol. The zero-order chi connectivity index (χ0) is 15.6. The number of rotatable bonds is 7. The molecule has 114 valence electrons. The van der Waals surface area contributed by atoms with Gasteiger partial charge in [0.05, 0.1) is 11.4 Å². The summed E-state index contributed by atoms with van der Waals surface area (Å²) >= 11 is 3.09. The van der Waals surface area contributed by atoms with Gasteiger partial charge in [0.15, 0.2) is 0 Å². The third kappa shape index (κ3) is 5.27. The van der Waals surface area contributed by atoms with Crippen molar-refractivity contribution >= 4 is 15.9 Å². The smallest absolute Gasteiger partial charge is 0.0887 e. The number of pyridine rings is 2. The van der Waals surface area contributed by atoms with Crippen LogP contribution in [0.5, 0.6) is 0 Å². The average Bonchev–Trinajstić information content (AvgIpc) is 2.56. The molecule has 0 aromatic carbocycles. The molecule has 0 atom stereocenters. The molecule has 0 saturated carbocycles. The van der Waals surface area contributed by atoms with E-state index < -0.39 is 0 Å². The Labute approximate surface area is 141 Å². The minimum absolute atomic E-state index is 0.884. The summed E-state index contributed by atoms with van der Waals surface area (Å²) in [6.07, 6.45) is 11.4. The standard InChI is InChI=1S/C19H21BrN2/c1-2-3-4-5-6-7-16-8-10-18(21-14-16)19-11-9-17(12-13-20)15-22-19/h8-11,14-15H,2-7H2,1H3. The second kappa shape index (κ2) is 9.38. The molecular formula is C19H21BrN2. The van der Waals surface area contributed by atoms with Crippen molar-refractivity contribution in [3.05, 3.63) is 47.8 Å². The van der Waals surface area contributed by atoms with E-state index in [1.54, 1.807) is 6.20 Å². The SMILES string of the molecule is CCCCCCCc1ccc(-c2ccc(C#CBr)cn2)nc1. The van der Waals surface area contributed by atoms with Crippen LogP contribution < -0.4 is 0 Å². The summed E-state index contributed by atoms with van der Waals surface area (Å²) in [5, 5.41) is 0. The topological polar surface area (TPSA) is 25.8 Å². The Morgan fingerprint density at radius 3 is 2.23 bits per heavy atom. The molecule has 0 aliphatic rings. The quantitative estimate of drug-likeness (QED) is 0.492. The molecule has 0 radical (unpaired) electrons. The third-order valence-electron chi connectivity index (χ3n) is 3.61. The Morgan fingerprint density at radius 1 is 0.909 bits per heavy atom. The fourth-order valence-corrected chi connectivity index (χ4v) is 2.56. The Balaban J connectivity index is 1.91. The highest BCUT2D eigenvalue weighted by Crippen LogP contribution is 2.16. The van der Waals surface area contributed by atoms with E-state index in [2.05, 4.69) is 55.7 Å². The van der Waals surface area contributed by atoms with Crippen molar-refractivity contribution in [2.75, 3.05) is 0 Å². The van der Waals surface area contributed by atoms with Crippen molar-refractivity contribution in [2.24, 2.45) is 0 Å². The van der Waals surface area contributed by atoms with Crippen molar-refractivity contribution in [2.45, 2.75) is 45.4 Å². The summed E-state index contributed by atoms with van der Waals surface area (Å²) in [5.74, 6) is 2.92. The van der Waals surface area contributed by atoms with Crippen molar-refractivity contribution < 1.29 is 0 Å². The molecule has 2 nitrogen and oxygen atoms in total. The molecule has 0 aliphatic carbocycles. The Morgan fingerprint density at radius 2 is 1.64 bits per heavy atom. The molecule has 0 N–H and O–H groups in total. The minimum atomic E-state index is 0.884. The van der Waals surface area contributed by atoms with Gasteiger partial charge < -0.3 is 0 Å². The lowest BCUT2D eigenvalue weighted by Crippen LogP contribution is -1.91. The van der Waals surface area contributed by atoms with Crippen LogP contribution in [0.4, 0.5) is 0 Å². The number of unbranched alkanes of at least 4 members (excludes halogenated alkanes) is 4. The molecule has 0 aliphatic heterocycles. The Hall–Kier alpha value is -1.66. The Kier molecular flexibility index (Phi) is 7.12. The van der Waals surface area contributed by atoms with E-state index in [-0.39, 0.29) is 0 Å². The zero-order valence-electron chi connectivity index (χ0n) is 13.0. The lowest BCUT2D eigenvalue weighted by molar-refractivity contribution is 0.632. The normalized spacial score (nSPS) is 10.1. The van der Waals surface area contributed by atoms with Gasteiger partial charge >= 0.3 is 0 Å². The van der Waals surface area contributed by atoms with Crippen LogP contribution in [0.15, 0.2) is 36.7 Å². The molecule has 22 heavy (non-hydrogen) atoms. The van der Waals surface area contributed by atoms with E-state index in [0.717, 1.165) is 23.4 Å². The van der Waals surface area contributed by atoms with Gasteiger partial charge in [0.25, 0.3) is 0 Å². The summed E-state index contributed by atoms with van der Waals surface area (Å²) in [7, 11) is 0. The molecule has 0 fully saturated rings. The molecule has 0 saturated heterocycles. The van der Waals surface area contributed by atoms with Crippen LogP contribution in [0, 0.1) is 10.8 Å². The molecule has 0 spiro atoms. The van der Waals surface area contributed by atoms with Gasteiger partial charge in [0.1, 0.15) is 0 Å². The van der Waals surface area contributed by atoms with E-state index in [4.69, 9.17) is 0 Å². The maximum absolute atomic E-state index is 4.53. The second-order valence-corrected chi connectivity index (χ2v) is 5.76. The summed E-state index contributed by atoms with van der Waals surface area (Å²) < 4.78 is 0. The van der Waals surface area contributed by atoms with Crippen molar-refractivity contribution in [3.8, 4) is 22.1 Å².